The minimum absolute atomic E-state index is 0.0776. The summed E-state index contributed by atoms with van der Waals surface area (Å²) in [6, 6.07) is 10.4. The molecule has 0 N–H and O–H groups in total. The summed E-state index contributed by atoms with van der Waals surface area (Å²) in [5.74, 6) is 1.87. The maximum absolute atomic E-state index is 6.01. The maximum Gasteiger partial charge on any atom is 0.148 e. The number of pyridine rings is 1. The maximum atomic E-state index is 6.01. The van der Waals surface area contributed by atoms with Crippen LogP contribution in [0.15, 0.2) is 36.5 Å². The molecule has 0 aliphatic carbocycles. The van der Waals surface area contributed by atoms with E-state index < -0.39 is 0 Å². The van der Waals surface area contributed by atoms with Crippen molar-refractivity contribution >= 4 is 0 Å². The third-order valence-corrected chi connectivity index (χ3v) is 3.57. The minimum atomic E-state index is 0.0776. The van der Waals surface area contributed by atoms with Crippen LogP contribution in [0.4, 0.5) is 0 Å². The van der Waals surface area contributed by atoms with Crippen molar-refractivity contribution in [1.82, 2.24) is 4.98 Å². The zero-order chi connectivity index (χ0) is 13.5. The molecule has 0 saturated heterocycles. The lowest BCUT2D eigenvalue weighted by Gasteiger charge is -2.19. The third kappa shape index (κ3) is 2.35. The van der Waals surface area contributed by atoms with E-state index in [1.807, 2.05) is 18.3 Å². The summed E-state index contributed by atoms with van der Waals surface area (Å²) in [6.45, 7) is 6.57. The van der Waals surface area contributed by atoms with Gasteiger partial charge < -0.3 is 4.74 Å². The first-order valence-electron chi connectivity index (χ1n) is 6.79. The van der Waals surface area contributed by atoms with Crippen LogP contribution in [0.2, 0.25) is 0 Å². The van der Waals surface area contributed by atoms with Crippen molar-refractivity contribution < 1.29 is 4.74 Å². The second kappa shape index (κ2) is 4.37. The summed E-state index contributed by atoms with van der Waals surface area (Å²) in [6.07, 6.45) is 3.91. The van der Waals surface area contributed by atoms with Crippen molar-refractivity contribution in [2.24, 2.45) is 0 Å². The van der Waals surface area contributed by atoms with E-state index in [9.17, 15) is 0 Å². The molecule has 19 heavy (non-hydrogen) atoms. The molecule has 0 saturated carbocycles. The number of aromatic nitrogens is 1. The van der Waals surface area contributed by atoms with Gasteiger partial charge in [-0.1, -0.05) is 39.0 Å². The first-order chi connectivity index (χ1) is 9.04. The molecule has 98 valence electrons. The molecule has 1 aliphatic rings. The Labute approximate surface area is 114 Å². The number of nitrogens with zero attached hydrogens (tertiary/aromatic N) is 1. The highest BCUT2D eigenvalue weighted by atomic mass is 16.5. The van der Waals surface area contributed by atoms with Crippen LogP contribution in [0.25, 0.3) is 0 Å². The van der Waals surface area contributed by atoms with Crippen LogP contribution < -0.4 is 4.74 Å². The molecule has 2 nitrogen and oxygen atoms in total. The van der Waals surface area contributed by atoms with Crippen LogP contribution in [0.5, 0.6) is 11.5 Å². The van der Waals surface area contributed by atoms with E-state index in [0.717, 1.165) is 30.0 Å². The van der Waals surface area contributed by atoms with Gasteiger partial charge in [0.1, 0.15) is 11.5 Å². The van der Waals surface area contributed by atoms with Crippen molar-refractivity contribution in [3.05, 3.63) is 53.3 Å². The Morgan fingerprint density at radius 2 is 1.74 bits per heavy atom. The zero-order valence-electron chi connectivity index (χ0n) is 11.7. The fourth-order valence-electron chi connectivity index (χ4n) is 2.38. The van der Waals surface area contributed by atoms with Gasteiger partial charge in [-0.3, -0.25) is 4.98 Å². The molecule has 2 heteroatoms. The predicted octanol–water partition coefficient (Wildman–Crippen LogP) is 4.27. The van der Waals surface area contributed by atoms with E-state index in [0.29, 0.717) is 0 Å². The normalized spacial score (nSPS) is 14.1. The van der Waals surface area contributed by atoms with E-state index in [1.165, 1.54) is 11.1 Å². The number of hydrogen-bond donors (Lipinski definition) is 0. The fraction of sp³-hybridized carbons (Fsp3) is 0.353. The van der Waals surface area contributed by atoms with E-state index in [-0.39, 0.29) is 5.41 Å². The Morgan fingerprint density at radius 3 is 2.53 bits per heavy atom. The number of aryl methyl sites for hydroxylation is 2. The van der Waals surface area contributed by atoms with Crippen LogP contribution >= 0.6 is 0 Å². The Kier molecular flexibility index (Phi) is 2.81. The molecule has 2 aromatic rings. The molecular weight excluding hydrogens is 234 g/mol. The molecule has 1 aromatic carbocycles. The highest BCUT2D eigenvalue weighted by molar-refractivity contribution is 5.44. The first kappa shape index (κ1) is 12.2. The standard InChI is InChI=1S/C17H19NO/c1-17(2,3)16-10-13-9-8-12-6-4-5-7-14(12)19-15(13)11-18-16/h4-7,10-11H,8-9H2,1-3H3. The highest BCUT2D eigenvalue weighted by Gasteiger charge is 2.20. The molecule has 0 spiro atoms. The predicted molar refractivity (Wildman–Crippen MR) is 76.9 cm³/mol. The molecule has 3 rings (SSSR count). The van der Waals surface area contributed by atoms with Gasteiger partial charge in [0.2, 0.25) is 0 Å². The number of ether oxygens (including phenoxy) is 1. The van der Waals surface area contributed by atoms with Gasteiger partial charge in [0.05, 0.1) is 6.20 Å². The minimum Gasteiger partial charge on any atom is -0.455 e. The molecule has 1 aliphatic heterocycles. The van der Waals surface area contributed by atoms with Crippen molar-refractivity contribution in [2.75, 3.05) is 0 Å². The lowest BCUT2D eigenvalue weighted by Crippen LogP contribution is -2.14. The molecule has 0 amide bonds. The van der Waals surface area contributed by atoms with Crippen LogP contribution in [0, 0.1) is 0 Å². The van der Waals surface area contributed by atoms with Gasteiger partial charge in [0.25, 0.3) is 0 Å². The lowest BCUT2D eigenvalue weighted by molar-refractivity contribution is 0.473. The molecule has 0 fully saturated rings. The second-order valence-electron chi connectivity index (χ2n) is 6.14. The summed E-state index contributed by atoms with van der Waals surface area (Å²) in [7, 11) is 0. The van der Waals surface area contributed by atoms with Crippen LogP contribution in [0.1, 0.15) is 37.6 Å². The van der Waals surface area contributed by atoms with Gasteiger partial charge in [0, 0.05) is 11.1 Å². The number of hydrogen-bond acceptors (Lipinski definition) is 2. The number of rotatable bonds is 0. The molecule has 0 radical (unpaired) electrons. The molecule has 1 aromatic heterocycles. The smallest absolute Gasteiger partial charge is 0.148 e. The SMILES string of the molecule is CC(C)(C)c1cc2c(cn1)Oc1ccccc1CC2. The van der Waals surface area contributed by atoms with Gasteiger partial charge in [0.15, 0.2) is 0 Å². The Bertz CT molecular complexity index is 611. The second-order valence-corrected chi connectivity index (χ2v) is 6.14. The van der Waals surface area contributed by atoms with E-state index >= 15 is 0 Å². The number of fused-ring (bicyclic) bond motifs is 2. The Hall–Kier alpha value is -1.83. The molecule has 2 heterocycles. The van der Waals surface area contributed by atoms with E-state index in [1.54, 1.807) is 0 Å². The number of benzene rings is 1. The zero-order valence-corrected chi connectivity index (χ0v) is 11.7. The van der Waals surface area contributed by atoms with Crippen molar-refractivity contribution in [1.29, 1.82) is 0 Å². The van der Waals surface area contributed by atoms with E-state index in [2.05, 4.69) is 44.0 Å². The van der Waals surface area contributed by atoms with E-state index in [4.69, 9.17) is 4.74 Å². The molecule has 0 bridgehead atoms. The fourth-order valence-corrected chi connectivity index (χ4v) is 2.38. The Morgan fingerprint density at radius 1 is 1.00 bits per heavy atom. The lowest BCUT2D eigenvalue weighted by atomic mass is 9.90. The summed E-state index contributed by atoms with van der Waals surface area (Å²) >= 11 is 0. The van der Waals surface area contributed by atoms with Gasteiger partial charge in [-0.05, 0) is 36.1 Å². The third-order valence-electron chi connectivity index (χ3n) is 3.57. The molecule has 0 atom stereocenters. The van der Waals surface area contributed by atoms with Crippen LogP contribution in [-0.4, -0.2) is 4.98 Å². The van der Waals surface area contributed by atoms with Crippen LogP contribution in [0.3, 0.4) is 0 Å². The topological polar surface area (TPSA) is 22.1 Å². The average molecular weight is 253 g/mol. The molecule has 0 unspecified atom stereocenters. The van der Waals surface area contributed by atoms with Gasteiger partial charge in [-0.15, -0.1) is 0 Å². The summed E-state index contributed by atoms with van der Waals surface area (Å²) in [5.41, 5.74) is 3.74. The summed E-state index contributed by atoms with van der Waals surface area (Å²) in [4.78, 5) is 4.55. The molecular formula is C17H19NO. The number of para-hydroxylation sites is 1. The summed E-state index contributed by atoms with van der Waals surface area (Å²) < 4.78 is 6.01. The highest BCUT2D eigenvalue weighted by Crippen LogP contribution is 2.34. The monoisotopic (exact) mass is 253 g/mol. The largest absolute Gasteiger partial charge is 0.455 e. The average Bonchev–Trinajstić information content (AvgIpc) is 2.55. The summed E-state index contributed by atoms with van der Waals surface area (Å²) in [5, 5.41) is 0. The van der Waals surface area contributed by atoms with Crippen molar-refractivity contribution in [3.63, 3.8) is 0 Å². The van der Waals surface area contributed by atoms with Gasteiger partial charge in [-0.2, -0.15) is 0 Å². The first-order valence-corrected chi connectivity index (χ1v) is 6.79. The Balaban J connectivity index is 2.02. The quantitative estimate of drug-likeness (QED) is 0.699. The van der Waals surface area contributed by atoms with Gasteiger partial charge >= 0.3 is 0 Å². The van der Waals surface area contributed by atoms with Crippen molar-refractivity contribution in [2.45, 2.75) is 39.0 Å². The van der Waals surface area contributed by atoms with Crippen LogP contribution in [-0.2, 0) is 18.3 Å². The van der Waals surface area contributed by atoms with Crippen molar-refractivity contribution in [3.8, 4) is 11.5 Å². The van der Waals surface area contributed by atoms with Gasteiger partial charge in [-0.25, -0.2) is 0 Å².